The summed E-state index contributed by atoms with van der Waals surface area (Å²) in [6.45, 7) is 4.87. The number of nitrogens with zero attached hydrogens (tertiary/aromatic N) is 1. The van der Waals surface area contributed by atoms with Crippen LogP contribution in [-0.4, -0.2) is 26.3 Å². The summed E-state index contributed by atoms with van der Waals surface area (Å²) in [5, 5.41) is 0.675. The van der Waals surface area contributed by atoms with Crippen molar-refractivity contribution in [3.8, 4) is 0 Å². The van der Waals surface area contributed by atoms with Gasteiger partial charge in [0.15, 0.2) is 11.3 Å². The van der Waals surface area contributed by atoms with Crippen LogP contribution in [0.1, 0.15) is 19.8 Å². The van der Waals surface area contributed by atoms with Crippen LogP contribution in [0.15, 0.2) is 39.6 Å². The Hall–Kier alpha value is -2.07. The Labute approximate surface area is 129 Å². The molecule has 1 fully saturated rings. The van der Waals surface area contributed by atoms with E-state index in [9.17, 15) is 4.79 Å². The molecule has 0 radical (unpaired) electrons. The Balaban J connectivity index is 2.19. The fourth-order valence-corrected chi connectivity index (χ4v) is 2.75. The monoisotopic (exact) mass is 299 g/mol. The van der Waals surface area contributed by atoms with E-state index >= 15 is 0 Å². The van der Waals surface area contributed by atoms with E-state index in [1.54, 1.807) is 6.07 Å². The van der Waals surface area contributed by atoms with Gasteiger partial charge in [-0.2, -0.15) is 0 Å². The SMILES string of the molecule is CC/C=c1/c(=O)cc(N2CCOCC2)o/c1=C1\C=CC=CC1. The number of rotatable bonds is 2. The molecule has 1 aliphatic carbocycles. The standard InChI is InChI=1S/C18H21NO3/c1-2-6-15-16(20)13-17(19-9-11-21-12-10-19)22-18(15)14-7-4-3-5-8-14/h3-7,13H,2,8-12H2,1H3/b15-6-,18-14+. The summed E-state index contributed by atoms with van der Waals surface area (Å²) in [5.41, 5.74) is 1.78. The Morgan fingerprint density at radius 1 is 1.27 bits per heavy atom. The molecule has 0 amide bonds. The number of hydrogen-bond acceptors (Lipinski definition) is 4. The van der Waals surface area contributed by atoms with E-state index in [4.69, 9.17) is 9.15 Å². The van der Waals surface area contributed by atoms with E-state index in [1.807, 2.05) is 31.2 Å². The number of anilines is 1. The second-order valence-electron chi connectivity index (χ2n) is 5.42. The molecule has 0 unspecified atom stereocenters. The third kappa shape index (κ3) is 3.07. The van der Waals surface area contributed by atoms with Crippen LogP contribution in [-0.2, 0) is 4.74 Å². The molecule has 1 saturated heterocycles. The molecule has 3 rings (SSSR count). The van der Waals surface area contributed by atoms with Gasteiger partial charge in [-0.25, -0.2) is 0 Å². The highest BCUT2D eigenvalue weighted by Gasteiger charge is 2.15. The summed E-state index contributed by atoms with van der Waals surface area (Å²) in [6, 6.07) is 1.61. The van der Waals surface area contributed by atoms with Gasteiger partial charge in [-0.3, -0.25) is 4.79 Å². The molecule has 2 aliphatic rings. The maximum Gasteiger partial charge on any atom is 0.200 e. The van der Waals surface area contributed by atoms with Gasteiger partial charge in [0.05, 0.1) is 18.4 Å². The third-order valence-corrected chi connectivity index (χ3v) is 3.88. The summed E-state index contributed by atoms with van der Waals surface area (Å²) in [4.78, 5) is 14.6. The molecule has 1 aromatic rings. The van der Waals surface area contributed by atoms with E-state index in [0.29, 0.717) is 29.7 Å². The minimum Gasteiger partial charge on any atom is -0.440 e. The lowest BCUT2D eigenvalue weighted by atomic mass is 10.1. The first kappa shape index (κ1) is 14.9. The van der Waals surface area contributed by atoms with Crippen molar-refractivity contribution >= 4 is 17.5 Å². The molecule has 4 nitrogen and oxygen atoms in total. The summed E-state index contributed by atoms with van der Waals surface area (Å²) in [7, 11) is 0. The molecule has 0 bridgehead atoms. The average Bonchev–Trinajstić information content (AvgIpc) is 2.58. The quantitative estimate of drug-likeness (QED) is 0.826. The van der Waals surface area contributed by atoms with Crippen molar-refractivity contribution in [3.05, 3.63) is 51.2 Å². The Morgan fingerprint density at radius 2 is 2.09 bits per heavy atom. The third-order valence-electron chi connectivity index (χ3n) is 3.88. The van der Waals surface area contributed by atoms with Crippen LogP contribution in [0.3, 0.4) is 0 Å². The Kier molecular flexibility index (Phi) is 4.59. The molecule has 2 heterocycles. The highest BCUT2D eigenvalue weighted by molar-refractivity contribution is 5.60. The van der Waals surface area contributed by atoms with Gasteiger partial charge in [-0.05, 0) is 18.4 Å². The normalized spacial score (nSPS) is 21.5. The minimum atomic E-state index is 0.0278. The van der Waals surface area contributed by atoms with E-state index < -0.39 is 0 Å². The van der Waals surface area contributed by atoms with Crippen molar-refractivity contribution in [1.29, 1.82) is 0 Å². The van der Waals surface area contributed by atoms with Crippen molar-refractivity contribution in [2.75, 3.05) is 31.2 Å². The number of morpholine rings is 1. The highest BCUT2D eigenvalue weighted by atomic mass is 16.5. The zero-order valence-corrected chi connectivity index (χ0v) is 12.9. The summed E-state index contributed by atoms with van der Waals surface area (Å²) < 4.78 is 11.5. The molecule has 0 spiro atoms. The highest BCUT2D eigenvalue weighted by Crippen LogP contribution is 2.13. The lowest BCUT2D eigenvalue weighted by Gasteiger charge is -2.27. The topological polar surface area (TPSA) is 42.7 Å². The lowest BCUT2D eigenvalue weighted by Crippen LogP contribution is -2.43. The molecular weight excluding hydrogens is 278 g/mol. The van der Waals surface area contributed by atoms with Crippen LogP contribution in [0.4, 0.5) is 5.88 Å². The van der Waals surface area contributed by atoms with Crippen LogP contribution in [0.2, 0.25) is 0 Å². The average molecular weight is 299 g/mol. The fourth-order valence-electron chi connectivity index (χ4n) is 2.75. The molecule has 0 atom stereocenters. The predicted molar refractivity (Wildman–Crippen MR) is 88.3 cm³/mol. The molecule has 0 N–H and O–H groups in total. The van der Waals surface area contributed by atoms with Gasteiger partial charge in [0, 0.05) is 19.2 Å². The molecular formula is C18H21NO3. The van der Waals surface area contributed by atoms with Gasteiger partial charge in [0.1, 0.15) is 5.42 Å². The van der Waals surface area contributed by atoms with Crippen LogP contribution < -0.4 is 21.0 Å². The Bertz CT molecular complexity index is 765. The number of allylic oxidation sites excluding steroid dienone is 4. The minimum absolute atomic E-state index is 0.0278. The molecule has 1 aromatic heterocycles. The van der Waals surface area contributed by atoms with Crippen LogP contribution in [0, 0.1) is 0 Å². The summed E-state index contributed by atoms with van der Waals surface area (Å²) >= 11 is 0. The zero-order valence-electron chi connectivity index (χ0n) is 12.9. The van der Waals surface area contributed by atoms with Crippen LogP contribution in [0.25, 0.3) is 11.6 Å². The van der Waals surface area contributed by atoms with E-state index in [-0.39, 0.29) is 5.43 Å². The van der Waals surface area contributed by atoms with Crippen molar-refractivity contribution in [1.82, 2.24) is 0 Å². The first-order chi connectivity index (χ1) is 10.8. The van der Waals surface area contributed by atoms with Gasteiger partial charge in [-0.1, -0.05) is 37.3 Å². The maximum atomic E-state index is 12.5. The molecule has 116 valence electrons. The van der Waals surface area contributed by atoms with Gasteiger partial charge in [0.2, 0.25) is 0 Å². The zero-order chi connectivity index (χ0) is 15.4. The van der Waals surface area contributed by atoms with Crippen LogP contribution >= 0.6 is 0 Å². The number of ether oxygens (including phenoxy) is 1. The fraction of sp³-hybridized carbons (Fsp3) is 0.389. The van der Waals surface area contributed by atoms with E-state index in [1.165, 1.54) is 0 Å². The van der Waals surface area contributed by atoms with Crippen LogP contribution in [0.5, 0.6) is 0 Å². The Morgan fingerprint density at radius 3 is 2.77 bits per heavy atom. The largest absolute Gasteiger partial charge is 0.440 e. The number of hydrogen-bond donors (Lipinski definition) is 0. The lowest BCUT2D eigenvalue weighted by molar-refractivity contribution is 0.120. The predicted octanol–water partition coefficient (Wildman–Crippen LogP) is 1.33. The molecule has 0 saturated carbocycles. The summed E-state index contributed by atoms with van der Waals surface area (Å²) in [5.74, 6) is 0.645. The van der Waals surface area contributed by atoms with E-state index in [2.05, 4.69) is 11.0 Å². The van der Waals surface area contributed by atoms with Crippen molar-refractivity contribution in [3.63, 3.8) is 0 Å². The second-order valence-corrected chi connectivity index (χ2v) is 5.42. The first-order valence-electron chi connectivity index (χ1n) is 7.83. The molecule has 1 aliphatic heterocycles. The smallest absolute Gasteiger partial charge is 0.200 e. The van der Waals surface area contributed by atoms with Crippen molar-refractivity contribution in [2.45, 2.75) is 19.8 Å². The molecule has 22 heavy (non-hydrogen) atoms. The summed E-state index contributed by atoms with van der Waals surface area (Å²) in [6.07, 6.45) is 11.6. The van der Waals surface area contributed by atoms with Gasteiger partial charge in [-0.15, -0.1) is 0 Å². The van der Waals surface area contributed by atoms with Crippen molar-refractivity contribution in [2.24, 2.45) is 0 Å². The first-order valence-corrected chi connectivity index (χ1v) is 7.83. The maximum absolute atomic E-state index is 12.5. The second kappa shape index (κ2) is 6.79. The van der Waals surface area contributed by atoms with Crippen molar-refractivity contribution < 1.29 is 9.15 Å². The molecule has 4 heteroatoms. The van der Waals surface area contributed by atoms with E-state index in [0.717, 1.165) is 31.5 Å². The molecule has 0 aromatic carbocycles. The van der Waals surface area contributed by atoms with Gasteiger partial charge >= 0.3 is 0 Å². The van der Waals surface area contributed by atoms with Gasteiger partial charge in [0.25, 0.3) is 0 Å². The van der Waals surface area contributed by atoms with Gasteiger partial charge < -0.3 is 14.1 Å².